The molecule has 0 aliphatic heterocycles. The van der Waals surface area contributed by atoms with Crippen LogP contribution in [0.1, 0.15) is 25.7 Å². The van der Waals surface area contributed by atoms with Crippen molar-refractivity contribution >= 4 is 28.5 Å². The molecule has 0 atom stereocenters. The summed E-state index contributed by atoms with van der Waals surface area (Å²) in [6.45, 7) is 0. The predicted molar refractivity (Wildman–Crippen MR) is 74.1 cm³/mol. The van der Waals surface area contributed by atoms with E-state index >= 15 is 0 Å². The van der Waals surface area contributed by atoms with Crippen LogP contribution in [-0.4, -0.2) is 26.0 Å². The highest BCUT2D eigenvalue weighted by atomic mass is 35.5. The number of rotatable bonds is 3. The van der Waals surface area contributed by atoms with E-state index in [0.717, 1.165) is 29.7 Å². The van der Waals surface area contributed by atoms with Crippen molar-refractivity contribution in [3.63, 3.8) is 0 Å². The average Bonchev–Trinajstić information content (AvgIpc) is 2.99. The monoisotopic (exact) mass is 264 g/mol. The fraction of sp³-hybridized carbons (Fsp3) is 0.538. The zero-order chi connectivity index (χ0) is 12.6. The molecule has 1 N–H and O–H groups in total. The molecule has 2 heterocycles. The standard InChI is InChI=1S/C13H17ClN4/c1-18-9-16-11-10(18)4-7-15-12(11)17-13(8-14)5-2-3-6-13/h4,7,9H,2-3,5-6,8H2,1H3,(H,15,17). The Morgan fingerprint density at radius 2 is 2.17 bits per heavy atom. The van der Waals surface area contributed by atoms with E-state index in [9.17, 15) is 0 Å². The molecule has 0 radical (unpaired) electrons. The maximum absolute atomic E-state index is 6.15. The van der Waals surface area contributed by atoms with Gasteiger partial charge in [0.1, 0.15) is 5.52 Å². The number of aryl methyl sites for hydroxylation is 1. The summed E-state index contributed by atoms with van der Waals surface area (Å²) in [5, 5.41) is 3.54. The van der Waals surface area contributed by atoms with Crippen LogP contribution < -0.4 is 5.32 Å². The molecule has 18 heavy (non-hydrogen) atoms. The van der Waals surface area contributed by atoms with Gasteiger partial charge in [0.25, 0.3) is 0 Å². The zero-order valence-corrected chi connectivity index (χ0v) is 11.2. The Kier molecular flexibility index (Phi) is 2.90. The maximum atomic E-state index is 6.15. The summed E-state index contributed by atoms with van der Waals surface area (Å²) in [5.41, 5.74) is 2.02. The molecule has 0 bridgehead atoms. The van der Waals surface area contributed by atoms with Gasteiger partial charge in [-0.05, 0) is 18.9 Å². The first-order valence-corrected chi connectivity index (χ1v) is 6.88. The molecule has 1 saturated carbocycles. The molecule has 4 nitrogen and oxygen atoms in total. The van der Waals surface area contributed by atoms with Crippen LogP contribution in [0.15, 0.2) is 18.6 Å². The maximum Gasteiger partial charge on any atom is 0.154 e. The van der Waals surface area contributed by atoms with Crippen LogP contribution in [0, 0.1) is 0 Å². The molecule has 1 fully saturated rings. The lowest BCUT2D eigenvalue weighted by Crippen LogP contribution is -2.37. The third-order valence-electron chi connectivity index (χ3n) is 3.84. The van der Waals surface area contributed by atoms with Crippen molar-refractivity contribution in [3.05, 3.63) is 18.6 Å². The second kappa shape index (κ2) is 4.43. The second-order valence-corrected chi connectivity index (χ2v) is 5.40. The third-order valence-corrected chi connectivity index (χ3v) is 4.35. The first kappa shape index (κ1) is 11.8. The summed E-state index contributed by atoms with van der Waals surface area (Å²) >= 11 is 6.15. The van der Waals surface area contributed by atoms with Gasteiger partial charge >= 0.3 is 0 Å². The van der Waals surface area contributed by atoms with Gasteiger partial charge in [-0.2, -0.15) is 0 Å². The highest BCUT2D eigenvalue weighted by Crippen LogP contribution is 2.35. The Morgan fingerprint density at radius 1 is 1.39 bits per heavy atom. The van der Waals surface area contributed by atoms with E-state index in [1.54, 1.807) is 0 Å². The Hall–Kier alpha value is -1.29. The number of hydrogen-bond acceptors (Lipinski definition) is 3. The minimum absolute atomic E-state index is 0.000357. The van der Waals surface area contributed by atoms with E-state index in [1.807, 2.05) is 30.2 Å². The van der Waals surface area contributed by atoms with Crippen molar-refractivity contribution in [1.82, 2.24) is 14.5 Å². The van der Waals surface area contributed by atoms with Crippen molar-refractivity contribution in [1.29, 1.82) is 0 Å². The largest absolute Gasteiger partial charge is 0.362 e. The summed E-state index contributed by atoms with van der Waals surface area (Å²) < 4.78 is 2.00. The third kappa shape index (κ3) is 1.85. The number of pyridine rings is 1. The van der Waals surface area contributed by atoms with Crippen LogP contribution >= 0.6 is 11.6 Å². The van der Waals surface area contributed by atoms with Crippen LogP contribution in [0.4, 0.5) is 5.82 Å². The van der Waals surface area contributed by atoms with E-state index < -0.39 is 0 Å². The van der Waals surface area contributed by atoms with Gasteiger partial charge in [0, 0.05) is 19.1 Å². The van der Waals surface area contributed by atoms with Crippen LogP contribution in [-0.2, 0) is 7.05 Å². The van der Waals surface area contributed by atoms with Crippen molar-refractivity contribution < 1.29 is 0 Å². The molecule has 1 aliphatic rings. The van der Waals surface area contributed by atoms with Crippen LogP contribution in [0.25, 0.3) is 11.0 Å². The lowest BCUT2D eigenvalue weighted by Gasteiger charge is -2.28. The normalized spacial score (nSPS) is 18.3. The van der Waals surface area contributed by atoms with E-state index in [2.05, 4.69) is 15.3 Å². The van der Waals surface area contributed by atoms with Gasteiger partial charge in [0.05, 0.1) is 17.4 Å². The molecule has 0 saturated heterocycles. The average molecular weight is 265 g/mol. The Morgan fingerprint density at radius 3 is 2.89 bits per heavy atom. The molecular formula is C13H17ClN4. The molecule has 2 aromatic rings. The number of nitrogens with zero attached hydrogens (tertiary/aromatic N) is 3. The molecule has 0 amide bonds. The number of anilines is 1. The summed E-state index contributed by atoms with van der Waals surface area (Å²) in [5.74, 6) is 1.48. The second-order valence-electron chi connectivity index (χ2n) is 5.13. The quantitative estimate of drug-likeness (QED) is 0.867. The van der Waals surface area contributed by atoms with Gasteiger partial charge in [-0.1, -0.05) is 12.8 Å². The summed E-state index contributed by atoms with van der Waals surface area (Å²) in [6.07, 6.45) is 8.33. The Bertz CT molecular complexity index is 557. The smallest absolute Gasteiger partial charge is 0.154 e. The number of alkyl halides is 1. The number of nitrogens with one attached hydrogen (secondary N) is 1. The molecular weight excluding hydrogens is 248 g/mol. The van der Waals surface area contributed by atoms with E-state index in [4.69, 9.17) is 11.6 Å². The number of fused-ring (bicyclic) bond motifs is 1. The first-order chi connectivity index (χ1) is 8.74. The molecule has 0 aromatic carbocycles. The predicted octanol–water partition coefficient (Wildman–Crippen LogP) is 2.93. The zero-order valence-electron chi connectivity index (χ0n) is 10.5. The first-order valence-electron chi connectivity index (χ1n) is 6.34. The number of imidazole rings is 1. The van der Waals surface area contributed by atoms with Crippen molar-refractivity contribution in [3.8, 4) is 0 Å². The number of hydrogen-bond donors (Lipinski definition) is 1. The summed E-state index contributed by atoms with van der Waals surface area (Å²) in [4.78, 5) is 8.85. The van der Waals surface area contributed by atoms with Crippen molar-refractivity contribution in [2.45, 2.75) is 31.2 Å². The highest BCUT2D eigenvalue weighted by molar-refractivity contribution is 6.19. The van der Waals surface area contributed by atoms with Crippen LogP contribution in [0.5, 0.6) is 0 Å². The lowest BCUT2D eigenvalue weighted by molar-refractivity contribution is 0.538. The minimum Gasteiger partial charge on any atom is -0.362 e. The van der Waals surface area contributed by atoms with Crippen molar-refractivity contribution in [2.75, 3.05) is 11.2 Å². The molecule has 2 aromatic heterocycles. The number of aromatic nitrogens is 3. The highest BCUT2D eigenvalue weighted by Gasteiger charge is 2.33. The molecule has 96 valence electrons. The lowest BCUT2D eigenvalue weighted by atomic mass is 10.0. The molecule has 0 spiro atoms. The fourth-order valence-corrected chi connectivity index (χ4v) is 3.08. The van der Waals surface area contributed by atoms with Gasteiger partial charge in [-0.15, -0.1) is 11.6 Å². The number of halogens is 1. The molecule has 3 rings (SSSR count). The topological polar surface area (TPSA) is 42.7 Å². The van der Waals surface area contributed by atoms with E-state index in [0.29, 0.717) is 5.88 Å². The summed E-state index contributed by atoms with van der Waals surface area (Å²) in [6, 6.07) is 1.98. The SMILES string of the molecule is Cn1cnc2c(NC3(CCl)CCCC3)nccc21. The van der Waals surface area contributed by atoms with Gasteiger partial charge in [-0.25, -0.2) is 9.97 Å². The van der Waals surface area contributed by atoms with Crippen LogP contribution in [0.2, 0.25) is 0 Å². The van der Waals surface area contributed by atoms with Crippen molar-refractivity contribution in [2.24, 2.45) is 7.05 Å². The van der Waals surface area contributed by atoms with Crippen LogP contribution in [0.3, 0.4) is 0 Å². The molecule has 0 unspecified atom stereocenters. The minimum atomic E-state index is 0.000357. The van der Waals surface area contributed by atoms with E-state index in [1.165, 1.54) is 12.8 Å². The fourth-order valence-electron chi connectivity index (χ4n) is 2.75. The van der Waals surface area contributed by atoms with Gasteiger partial charge in [0.15, 0.2) is 5.82 Å². The Balaban J connectivity index is 1.99. The molecule has 5 heteroatoms. The summed E-state index contributed by atoms with van der Waals surface area (Å²) in [7, 11) is 1.99. The van der Waals surface area contributed by atoms with Gasteiger partial charge in [-0.3, -0.25) is 0 Å². The Labute approximate surface area is 111 Å². The van der Waals surface area contributed by atoms with E-state index in [-0.39, 0.29) is 5.54 Å². The molecule has 1 aliphatic carbocycles. The van der Waals surface area contributed by atoms with Gasteiger partial charge in [0.2, 0.25) is 0 Å². The van der Waals surface area contributed by atoms with Gasteiger partial charge < -0.3 is 9.88 Å².